The van der Waals surface area contributed by atoms with Crippen molar-refractivity contribution in [2.75, 3.05) is 0 Å². The summed E-state index contributed by atoms with van der Waals surface area (Å²) in [6.45, 7) is 3.57. The number of amides is 1. The lowest BCUT2D eigenvalue weighted by atomic mass is 10.1. The van der Waals surface area contributed by atoms with Gasteiger partial charge >= 0.3 is 0 Å². The van der Waals surface area contributed by atoms with E-state index in [0.29, 0.717) is 0 Å². The fourth-order valence-electron chi connectivity index (χ4n) is 1.44. The van der Waals surface area contributed by atoms with Gasteiger partial charge in [-0.3, -0.25) is 20.3 Å². The van der Waals surface area contributed by atoms with Crippen molar-refractivity contribution in [1.82, 2.24) is 5.43 Å². The largest absolute Gasteiger partial charge is 0.479 e. The quantitative estimate of drug-likeness (QED) is 0.370. The predicted octanol–water partition coefficient (Wildman–Crippen LogP) is 1.75. The minimum absolute atomic E-state index is 0.131. The van der Waals surface area contributed by atoms with Gasteiger partial charge < -0.3 is 4.74 Å². The van der Waals surface area contributed by atoms with Crippen LogP contribution in [0.4, 0.5) is 5.69 Å². The van der Waals surface area contributed by atoms with Crippen molar-refractivity contribution in [3.8, 4) is 5.75 Å². The van der Waals surface area contributed by atoms with Crippen LogP contribution in [0.2, 0.25) is 0 Å². The first kappa shape index (κ1) is 15.4. The fraction of sp³-hybridized carbons (Fsp3) is 0.364. The molecule has 1 aromatic rings. The third kappa shape index (κ3) is 3.65. The van der Waals surface area contributed by atoms with Crippen LogP contribution in [0.3, 0.4) is 0 Å². The Morgan fingerprint density at radius 1 is 1.53 bits per heavy atom. The minimum atomic E-state index is -0.830. The van der Waals surface area contributed by atoms with E-state index in [1.807, 2.05) is 5.43 Å². The number of hydrazine groups is 1. The zero-order chi connectivity index (χ0) is 14.6. The maximum absolute atomic E-state index is 11.6. The molecule has 1 atom stereocenters. The summed E-state index contributed by atoms with van der Waals surface area (Å²) >= 11 is 3.10. The van der Waals surface area contributed by atoms with E-state index in [4.69, 9.17) is 10.6 Å². The fourth-order valence-corrected chi connectivity index (χ4v) is 1.95. The van der Waals surface area contributed by atoms with Crippen molar-refractivity contribution in [2.24, 2.45) is 11.8 Å². The number of rotatable bonds is 5. The van der Waals surface area contributed by atoms with Gasteiger partial charge in [-0.05, 0) is 27.9 Å². The SMILES string of the molecule is CC(C)C(Oc1cccc([N+](=O)[O-])c1Br)C(=O)NN. The van der Waals surface area contributed by atoms with Crippen molar-refractivity contribution in [1.29, 1.82) is 0 Å². The lowest BCUT2D eigenvalue weighted by Crippen LogP contribution is -2.44. The Morgan fingerprint density at radius 3 is 2.63 bits per heavy atom. The molecule has 0 aliphatic carbocycles. The molecule has 0 radical (unpaired) electrons. The lowest BCUT2D eigenvalue weighted by molar-refractivity contribution is -0.385. The molecule has 1 aromatic carbocycles. The number of nitro benzene ring substituents is 1. The van der Waals surface area contributed by atoms with Gasteiger partial charge in [-0.2, -0.15) is 0 Å². The molecule has 1 amide bonds. The van der Waals surface area contributed by atoms with Gasteiger partial charge in [0.2, 0.25) is 0 Å². The highest BCUT2D eigenvalue weighted by Crippen LogP contribution is 2.34. The molecular formula is C11H14BrN3O4. The van der Waals surface area contributed by atoms with Gasteiger partial charge in [-0.25, -0.2) is 5.84 Å². The van der Waals surface area contributed by atoms with Crippen molar-refractivity contribution >= 4 is 27.5 Å². The second-order valence-electron chi connectivity index (χ2n) is 4.14. The number of carbonyl (C=O) groups excluding carboxylic acids is 1. The molecule has 1 unspecified atom stereocenters. The normalized spacial score (nSPS) is 12.1. The zero-order valence-electron chi connectivity index (χ0n) is 10.4. The molecule has 19 heavy (non-hydrogen) atoms. The second kappa shape index (κ2) is 6.48. The Hall–Kier alpha value is -1.67. The second-order valence-corrected chi connectivity index (χ2v) is 4.93. The number of carbonyl (C=O) groups is 1. The average Bonchev–Trinajstić information content (AvgIpc) is 2.35. The first-order chi connectivity index (χ1) is 8.88. The standard InChI is InChI=1S/C11H14BrN3O4/c1-6(2)10(11(16)14-13)19-8-5-3-4-7(9(8)12)15(17)18/h3-6,10H,13H2,1-2H3,(H,14,16). The topological polar surface area (TPSA) is 107 Å². The molecule has 0 aliphatic rings. The summed E-state index contributed by atoms with van der Waals surface area (Å²) in [6, 6.07) is 4.36. The van der Waals surface area contributed by atoms with E-state index in [-0.39, 0.29) is 21.8 Å². The predicted molar refractivity (Wildman–Crippen MR) is 72.4 cm³/mol. The lowest BCUT2D eigenvalue weighted by Gasteiger charge is -2.21. The third-order valence-corrected chi connectivity index (χ3v) is 3.20. The summed E-state index contributed by atoms with van der Waals surface area (Å²) in [7, 11) is 0. The number of ether oxygens (including phenoxy) is 1. The molecule has 0 aromatic heterocycles. The smallest absolute Gasteiger partial charge is 0.287 e. The van der Waals surface area contributed by atoms with Gasteiger partial charge in [0.05, 0.1) is 4.92 Å². The van der Waals surface area contributed by atoms with E-state index in [2.05, 4.69) is 15.9 Å². The van der Waals surface area contributed by atoms with Crippen molar-refractivity contribution < 1.29 is 14.5 Å². The van der Waals surface area contributed by atoms with E-state index in [1.54, 1.807) is 13.8 Å². The highest BCUT2D eigenvalue weighted by atomic mass is 79.9. The molecule has 8 heteroatoms. The first-order valence-electron chi connectivity index (χ1n) is 5.48. The van der Waals surface area contributed by atoms with E-state index >= 15 is 0 Å². The Labute approximate surface area is 118 Å². The van der Waals surface area contributed by atoms with Gasteiger partial charge in [0.15, 0.2) is 6.10 Å². The third-order valence-electron chi connectivity index (χ3n) is 2.40. The highest BCUT2D eigenvalue weighted by Gasteiger charge is 2.26. The van der Waals surface area contributed by atoms with Gasteiger partial charge in [-0.15, -0.1) is 0 Å². The van der Waals surface area contributed by atoms with Crippen molar-refractivity contribution in [3.63, 3.8) is 0 Å². The summed E-state index contributed by atoms with van der Waals surface area (Å²) in [5, 5.41) is 10.8. The molecule has 0 bridgehead atoms. The molecule has 1 rings (SSSR count). The molecule has 3 N–H and O–H groups in total. The summed E-state index contributed by atoms with van der Waals surface area (Å²) in [5.74, 6) is 4.66. The Balaban J connectivity index is 3.07. The number of nitrogens with one attached hydrogen (secondary N) is 1. The summed E-state index contributed by atoms with van der Waals surface area (Å²) < 4.78 is 5.70. The molecule has 0 heterocycles. The van der Waals surface area contributed by atoms with Crippen LogP contribution < -0.4 is 16.0 Å². The Bertz CT molecular complexity index is 493. The van der Waals surface area contributed by atoms with Crippen molar-refractivity contribution in [2.45, 2.75) is 20.0 Å². The van der Waals surface area contributed by atoms with Crippen LogP contribution in [0.5, 0.6) is 5.75 Å². The number of nitro groups is 1. The molecule has 0 fully saturated rings. The number of nitrogens with zero attached hydrogens (tertiary/aromatic N) is 1. The monoisotopic (exact) mass is 331 g/mol. The zero-order valence-corrected chi connectivity index (χ0v) is 12.0. The molecule has 104 valence electrons. The highest BCUT2D eigenvalue weighted by molar-refractivity contribution is 9.10. The van der Waals surface area contributed by atoms with Crippen LogP contribution in [-0.2, 0) is 4.79 Å². The summed E-state index contributed by atoms with van der Waals surface area (Å²) in [4.78, 5) is 21.8. The van der Waals surface area contributed by atoms with Crippen LogP contribution in [0.1, 0.15) is 13.8 Å². The van der Waals surface area contributed by atoms with E-state index in [0.717, 1.165) is 0 Å². The number of benzene rings is 1. The number of nitrogens with two attached hydrogens (primary N) is 1. The molecule has 0 aliphatic heterocycles. The van der Waals surface area contributed by atoms with Crippen molar-refractivity contribution in [3.05, 3.63) is 32.8 Å². The first-order valence-corrected chi connectivity index (χ1v) is 6.27. The molecule has 7 nitrogen and oxygen atoms in total. The van der Waals surface area contributed by atoms with Crippen LogP contribution in [0.15, 0.2) is 22.7 Å². The van der Waals surface area contributed by atoms with E-state index in [9.17, 15) is 14.9 Å². The summed E-state index contributed by atoms with van der Waals surface area (Å²) in [6.07, 6.45) is -0.830. The Morgan fingerprint density at radius 2 is 2.16 bits per heavy atom. The van der Waals surface area contributed by atoms with Gasteiger partial charge in [-0.1, -0.05) is 19.9 Å². The van der Waals surface area contributed by atoms with E-state index in [1.165, 1.54) is 18.2 Å². The van der Waals surface area contributed by atoms with Crippen LogP contribution in [-0.4, -0.2) is 16.9 Å². The van der Waals surface area contributed by atoms with E-state index < -0.39 is 16.9 Å². The Kier molecular flexibility index (Phi) is 5.25. The number of hydrogen-bond acceptors (Lipinski definition) is 5. The van der Waals surface area contributed by atoms with Crippen LogP contribution in [0.25, 0.3) is 0 Å². The van der Waals surface area contributed by atoms with Gasteiger partial charge in [0, 0.05) is 6.07 Å². The van der Waals surface area contributed by atoms with Crippen LogP contribution >= 0.6 is 15.9 Å². The van der Waals surface area contributed by atoms with Gasteiger partial charge in [0.25, 0.3) is 11.6 Å². The molecule has 0 spiro atoms. The maximum Gasteiger partial charge on any atom is 0.287 e. The molecule has 0 saturated heterocycles. The van der Waals surface area contributed by atoms with Gasteiger partial charge in [0.1, 0.15) is 10.2 Å². The average molecular weight is 332 g/mol. The number of hydrogen-bond donors (Lipinski definition) is 2. The molecular weight excluding hydrogens is 318 g/mol. The molecule has 0 saturated carbocycles. The maximum atomic E-state index is 11.6. The van der Waals surface area contributed by atoms with Crippen LogP contribution in [0, 0.1) is 16.0 Å². The minimum Gasteiger partial charge on any atom is -0.479 e. The summed E-state index contributed by atoms with van der Waals surface area (Å²) in [5.41, 5.74) is 1.88. The number of halogens is 1.